The largest absolute Gasteiger partial charge is 0.353 e. The molecule has 1 heterocycles. The summed E-state index contributed by atoms with van der Waals surface area (Å²) in [6, 6.07) is 4.26. The van der Waals surface area contributed by atoms with Crippen LogP contribution in [0.25, 0.3) is 0 Å². The number of halogens is 1. The van der Waals surface area contributed by atoms with Crippen LogP contribution in [-0.4, -0.2) is 57.7 Å². The van der Waals surface area contributed by atoms with Crippen molar-refractivity contribution in [2.45, 2.75) is 38.6 Å². The van der Waals surface area contributed by atoms with Crippen LogP contribution in [0, 0.1) is 5.82 Å². The minimum Gasteiger partial charge on any atom is -0.353 e. The summed E-state index contributed by atoms with van der Waals surface area (Å²) < 4.78 is 38.8. The first-order chi connectivity index (χ1) is 12.3. The van der Waals surface area contributed by atoms with Gasteiger partial charge in [-0.1, -0.05) is 13.3 Å². The monoisotopic (exact) mass is 385 g/mol. The SMILES string of the molecule is CC[C@@H](C(=O)NCCN1CCCCC1)N(c1ccc(F)cc1)S(C)(=O)=O. The van der Waals surface area contributed by atoms with Crippen molar-refractivity contribution in [3.8, 4) is 0 Å². The number of benzene rings is 1. The van der Waals surface area contributed by atoms with Crippen molar-refractivity contribution in [3.05, 3.63) is 30.1 Å². The third-order valence-corrected chi connectivity index (χ3v) is 5.77. The molecule has 0 aliphatic carbocycles. The molecule has 2 rings (SSSR count). The Morgan fingerprint density at radius 2 is 1.85 bits per heavy atom. The first-order valence-corrected chi connectivity index (χ1v) is 10.9. The average molecular weight is 386 g/mol. The molecule has 1 aliphatic heterocycles. The molecule has 8 heteroatoms. The fourth-order valence-corrected chi connectivity index (χ4v) is 4.50. The van der Waals surface area contributed by atoms with E-state index < -0.39 is 21.9 Å². The highest BCUT2D eigenvalue weighted by molar-refractivity contribution is 7.92. The van der Waals surface area contributed by atoms with Crippen molar-refractivity contribution in [1.29, 1.82) is 0 Å². The fourth-order valence-electron chi connectivity index (χ4n) is 3.29. The summed E-state index contributed by atoms with van der Waals surface area (Å²) in [4.78, 5) is 14.9. The van der Waals surface area contributed by atoms with Gasteiger partial charge in [-0.25, -0.2) is 12.8 Å². The fraction of sp³-hybridized carbons (Fsp3) is 0.611. The van der Waals surface area contributed by atoms with Gasteiger partial charge in [-0.3, -0.25) is 9.10 Å². The number of nitrogens with zero attached hydrogens (tertiary/aromatic N) is 2. The van der Waals surface area contributed by atoms with Gasteiger partial charge in [0.2, 0.25) is 15.9 Å². The van der Waals surface area contributed by atoms with E-state index >= 15 is 0 Å². The van der Waals surface area contributed by atoms with Crippen molar-refractivity contribution in [2.24, 2.45) is 0 Å². The molecule has 6 nitrogen and oxygen atoms in total. The van der Waals surface area contributed by atoms with E-state index in [4.69, 9.17) is 0 Å². The zero-order valence-electron chi connectivity index (χ0n) is 15.4. The summed E-state index contributed by atoms with van der Waals surface area (Å²) in [7, 11) is -3.69. The van der Waals surface area contributed by atoms with Crippen LogP contribution >= 0.6 is 0 Å². The first-order valence-electron chi connectivity index (χ1n) is 9.08. The minimum atomic E-state index is -3.69. The van der Waals surface area contributed by atoms with Gasteiger partial charge in [0.1, 0.15) is 11.9 Å². The number of anilines is 1. The summed E-state index contributed by atoms with van der Waals surface area (Å²) in [5, 5.41) is 2.85. The van der Waals surface area contributed by atoms with E-state index in [9.17, 15) is 17.6 Å². The minimum absolute atomic E-state index is 0.284. The van der Waals surface area contributed by atoms with E-state index in [0.717, 1.165) is 30.2 Å². The Kier molecular flexibility index (Phi) is 7.40. The van der Waals surface area contributed by atoms with Crippen LogP contribution < -0.4 is 9.62 Å². The lowest BCUT2D eigenvalue weighted by molar-refractivity contribution is -0.122. The summed E-state index contributed by atoms with van der Waals surface area (Å²) in [5.74, 6) is -0.791. The molecule has 26 heavy (non-hydrogen) atoms. The Morgan fingerprint density at radius 1 is 1.23 bits per heavy atom. The molecule has 0 saturated carbocycles. The van der Waals surface area contributed by atoms with E-state index in [1.54, 1.807) is 6.92 Å². The molecule has 1 N–H and O–H groups in total. The van der Waals surface area contributed by atoms with Gasteiger partial charge in [0.25, 0.3) is 0 Å². The van der Waals surface area contributed by atoms with Gasteiger partial charge in [-0.05, 0) is 56.6 Å². The van der Waals surface area contributed by atoms with E-state index in [0.29, 0.717) is 13.0 Å². The molecule has 1 aliphatic rings. The molecule has 1 atom stereocenters. The molecule has 0 radical (unpaired) electrons. The molecule has 1 fully saturated rings. The lowest BCUT2D eigenvalue weighted by atomic mass is 10.1. The van der Waals surface area contributed by atoms with Gasteiger partial charge in [0.15, 0.2) is 0 Å². The van der Waals surface area contributed by atoms with E-state index in [1.165, 1.54) is 43.5 Å². The second-order valence-electron chi connectivity index (χ2n) is 6.65. The van der Waals surface area contributed by atoms with Crippen LogP contribution in [0.1, 0.15) is 32.6 Å². The highest BCUT2D eigenvalue weighted by atomic mass is 32.2. The number of sulfonamides is 1. The van der Waals surface area contributed by atoms with Crippen LogP contribution in [-0.2, 0) is 14.8 Å². The summed E-state index contributed by atoms with van der Waals surface area (Å²) in [5.41, 5.74) is 0.284. The number of amides is 1. The molecule has 1 aromatic carbocycles. The molecule has 1 aromatic rings. The lowest BCUT2D eigenvalue weighted by Crippen LogP contribution is -2.50. The van der Waals surface area contributed by atoms with Crippen molar-refractivity contribution in [2.75, 3.05) is 36.7 Å². The number of rotatable bonds is 8. The van der Waals surface area contributed by atoms with Gasteiger partial charge in [0.05, 0.1) is 11.9 Å². The second-order valence-corrected chi connectivity index (χ2v) is 8.51. The molecular weight excluding hydrogens is 357 g/mol. The molecule has 1 amide bonds. The predicted octanol–water partition coefficient (Wildman–Crippen LogP) is 1.97. The average Bonchev–Trinajstić information content (AvgIpc) is 2.60. The maximum atomic E-state index is 13.2. The molecule has 0 aromatic heterocycles. The van der Waals surface area contributed by atoms with Crippen LogP contribution in [0.15, 0.2) is 24.3 Å². The smallest absolute Gasteiger partial charge is 0.243 e. The third-order valence-electron chi connectivity index (χ3n) is 4.59. The number of carbonyl (C=O) groups is 1. The maximum absolute atomic E-state index is 13.2. The summed E-state index contributed by atoms with van der Waals surface area (Å²) in [6.07, 6.45) is 4.98. The Labute approximate surface area is 155 Å². The van der Waals surface area contributed by atoms with Crippen molar-refractivity contribution in [1.82, 2.24) is 10.2 Å². The van der Waals surface area contributed by atoms with Crippen molar-refractivity contribution in [3.63, 3.8) is 0 Å². The van der Waals surface area contributed by atoms with Crippen molar-refractivity contribution >= 4 is 21.6 Å². The lowest BCUT2D eigenvalue weighted by Gasteiger charge is -2.31. The van der Waals surface area contributed by atoms with Crippen LogP contribution in [0.5, 0.6) is 0 Å². The number of hydrogen-bond donors (Lipinski definition) is 1. The van der Waals surface area contributed by atoms with Crippen LogP contribution in [0.2, 0.25) is 0 Å². The number of hydrogen-bond acceptors (Lipinski definition) is 4. The predicted molar refractivity (Wildman–Crippen MR) is 101 cm³/mol. The third kappa shape index (κ3) is 5.67. The molecule has 0 bridgehead atoms. The van der Waals surface area contributed by atoms with E-state index in [1.807, 2.05) is 0 Å². The van der Waals surface area contributed by atoms with E-state index in [-0.39, 0.29) is 11.6 Å². The van der Waals surface area contributed by atoms with Gasteiger partial charge in [0, 0.05) is 13.1 Å². The van der Waals surface area contributed by atoms with E-state index in [2.05, 4.69) is 10.2 Å². The summed E-state index contributed by atoms with van der Waals surface area (Å²) >= 11 is 0. The van der Waals surface area contributed by atoms with Gasteiger partial charge < -0.3 is 10.2 Å². The number of piperidine rings is 1. The van der Waals surface area contributed by atoms with Crippen LogP contribution in [0.4, 0.5) is 10.1 Å². The summed E-state index contributed by atoms with van der Waals surface area (Å²) in [6.45, 7) is 5.08. The highest BCUT2D eigenvalue weighted by Crippen LogP contribution is 2.22. The quantitative estimate of drug-likeness (QED) is 0.743. The molecule has 0 unspecified atom stereocenters. The van der Waals surface area contributed by atoms with Gasteiger partial charge in [-0.15, -0.1) is 0 Å². The molecule has 0 spiro atoms. The van der Waals surface area contributed by atoms with Crippen molar-refractivity contribution < 1.29 is 17.6 Å². The Hall–Kier alpha value is -1.67. The Morgan fingerprint density at radius 3 is 2.38 bits per heavy atom. The van der Waals surface area contributed by atoms with Gasteiger partial charge >= 0.3 is 0 Å². The zero-order chi connectivity index (χ0) is 19.2. The molecular formula is C18H28FN3O3S. The number of nitrogens with one attached hydrogen (secondary N) is 1. The zero-order valence-corrected chi connectivity index (χ0v) is 16.3. The highest BCUT2D eigenvalue weighted by Gasteiger charge is 2.31. The number of likely N-dealkylation sites (tertiary alicyclic amines) is 1. The topological polar surface area (TPSA) is 69.7 Å². The maximum Gasteiger partial charge on any atom is 0.243 e. The second kappa shape index (κ2) is 9.32. The molecule has 146 valence electrons. The van der Waals surface area contributed by atoms with Crippen LogP contribution in [0.3, 0.4) is 0 Å². The number of carbonyl (C=O) groups excluding carboxylic acids is 1. The Bertz CT molecular complexity index is 688. The first kappa shape index (κ1) is 20.6. The molecule has 1 saturated heterocycles. The normalized spacial score (nSPS) is 16.9. The Balaban J connectivity index is 2.06. The standard InChI is InChI=1S/C18H28FN3O3S/c1-3-17(18(23)20-11-14-21-12-5-4-6-13-21)22(26(2,24)25)16-9-7-15(19)8-10-16/h7-10,17H,3-6,11-14H2,1-2H3,(H,20,23)/t17-/m0/s1. The van der Waals surface area contributed by atoms with Gasteiger partial charge in [-0.2, -0.15) is 0 Å².